The second-order valence-corrected chi connectivity index (χ2v) is 6.46. The van der Waals surface area contributed by atoms with E-state index in [1.165, 1.54) is 0 Å². The second kappa shape index (κ2) is 4.96. The minimum absolute atomic E-state index is 0.0157. The van der Waals surface area contributed by atoms with Crippen LogP contribution in [0, 0.1) is 0 Å². The van der Waals surface area contributed by atoms with Crippen molar-refractivity contribution in [1.29, 1.82) is 0 Å². The van der Waals surface area contributed by atoms with Gasteiger partial charge in [-0.25, -0.2) is 0 Å². The van der Waals surface area contributed by atoms with E-state index in [2.05, 4.69) is 5.32 Å². The van der Waals surface area contributed by atoms with E-state index in [4.69, 9.17) is 0 Å². The number of carbonyl (C=O) groups excluding carboxylic acids is 2. The summed E-state index contributed by atoms with van der Waals surface area (Å²) in [5.74, 6) is 0.0956. The standard InChI is InChI=1S/C14H18N2O2S/c17-12-10-16(9-11-5-4-8-19-11)13(18)14(15-12)6-2-1-3-7-14/h4-5,8H,1-3,6-7,9-10H2,(H,15,17). The molecule has 1 aromatic heterocycles. The highest BCUT2D eigenvalue weighted by atomic mass is 32.1. The first-order chi connectivity index (χ1) is 9.20. The minimum atomic E-state index is -0.606. The highest BCUT2D eigenvalue weighted by molar-refractivity contribution is 7.09. The summed E-state index contributed by atoms with van der Waals surface area (Å²) in [6.07, 6.45) is 4.80. The Kier molecular flexibility index (Phi) is 3.31. The van der Waals surface area contributed by atoms with E-state index in [0.717, 1.165) is 37.0 Å². The lowest BCUT2D eigenvalue weighted by molar-refractivity contribution is -0.152. The molecule has 2 fully saturated rings. The molecule has 5 heteroatoms. The van der Waals surface area contributed by atoms with Crippen molar-refractivity contribution in [1.82, 2.24) is 10.2 Å². The van der Waals surface area contributed by atoms with Crippen LogP contribution in [0.2, 0.25) is 0 Å². The van der Waals surface area contributed by atoms with Crippen LogP contribution in [-0.2, 0) is 16.1 Å². The number of rotatable bonds is 2. The van der Waals surface area contributed by atoms with Gasteiger partial charge in [0.2, 0.25) is 11.8 Å². The lowest BCUT2D eigenvalue weighted by Crippen LogP contribution is -2.66. The van der Waals surface area contributed by atoms with Crippen LogP contribution in [0.3, 0.4) is 0 Å². The number of carbonyl (C=O) groups is 2. The van der Waals surface area contributed by atoms with Gasteiger partial charge < -0.3 is 10.2 Å². The molecule has 0 radical (unpaired) electrons. The fourth-order valence-electron chi connectivity index (χ4n) is 3.12. The summed E-state index contributed by atoms with van der Waals surface area (Å²) in [4.78, 5) is 27.5. The molecule has 1 saturated heterocycles. The maximum absolute atomic E-state index is 12.7. The fraction of sp³-hybridized carbons (Fsp3) is 0.571. The molecule has 19 heavy (non-hydrogen) atoms. The molecular weight excluding hydrogens is 260 g/mol. The molecular formula is C14H18N2O2S. The SMILES string of the molecule is O=C1CN(Cc2cccs2)C(=O)C2(CCCCC2)N1. The Morgan fingerprint density at radius 2 is 2.05 bits per heavy atom. The first-order valence-corrected chi connectivity index (χ1v) is 7.70. The van der Waals surface area contributed by atoms with Crippen molar-refractivity contribution >= 4 is 23.2 Å². The normalized spacial score (nSPS) is 22.6. The van der Waals surface area contributed by atoms with Gasteiger partial charge in [-0.05, 0) is 24.3 Å². The molecule has 2 aliphatic rings. The molecule has 1 aromatic rings. The van der Waals surface area contributed by atoms with Gasteiger partial charge in [-0.15, -0.1) is 11.3 Å². The first kappa shape index (κ1) is 12.7. The van der Waals surface area contributed by atoms with Crippen LogP contribution in [0.15, 0.2) is 17.5 Å². The predicted molar refractivity (Wildman–Crippen MR) is 73.7 cm³/mol. The monoisotopic (exact) mass is 278 g/mol. The summed E-state index contributed by atoms with van der Waals surface area (Å²) in [6, 6.07) is 3.99. The maximum Gasteiger partial charge on any atom is 0.249 e. The molecule has 1 saturated carbocycles. The minimum Gasteiger partial charge on any atom is -0.340 e. The number of hydrogen-bond acceptors (Lipinski definition) is 3. The molecule has 0 aromatic carbocycles. The van der Waals surface area contributed by atoms with Gasteiger partial charge in [0.1, 0.15) is 12.1 Å². The average Bonchev–Trinajstić information content (AvgIpc) is 2.89. The molecule has 1 N–H and O–H groups in total. The molecule has 4 nitrogen and oxygen atoms in total. The zero-order chi connectivity index (χ0) is 13.3. The lowest BCUT2D eigenvalue weighted by Gasteiger charge is -2.44. The summed E-state index contributed by atoms with van der Waals surface area (Å²) in [5.41, 5.74) is -0.606. The molecule has 102 valence electrons. The van der Waals surface area contributed by atoms with E-state index in [1.54, 1.807) is 16.2 Å². The van der Waals surface area contributed by atoms with Crippen molar-refractivity contribution in [2.45, 2.75) is 44.2 Å². The van der Waals surface area contributed by atoms with Gasteiger partial charge in [-0.2, -0.15) is 0 Å². The van der Waals surface area contributed by atoms with E-state index in [1.807, 2.05) is 17.5 Å². The van der Waals surface area contributed by atoms with Gasteiger partial charge >= 0.3 is 0 Å². The molecule has 2 heterocycles. The van der Waals surface area contributed by atoms with E-state index in [-0.39, 0.29) is 18.4 Å². The van der Waals surface area contributed by atoms with Crippen LogP contribution in [-0.4, -0.2) is 28.8 Å². The van der Waals surface area contributed by atoms with Gasteiger partial charge in [0, 0.05) is 4.88 Å². The topological polar surface area (TPSA) is 49.4 Å². The summed E-state index contributed by atoms with van der Waals surface area (Å²) in [5, 5.41) is 4.96. The van der Waals surface area contributed by atoms with E-state index in [0.29, 0.717) is 6.54 Å². The van der Waals surface area contributed by atoms with Gasteiger partial charge in [-0.3, -0.25) is 9.59 Å². The second-order valence-electron chi connectivity index (χ2n) is 5.43. The van der Waals surface area contributed by atoms with E-state index >= 15 is 0 Å². The number of nitrogens with one attached hydrogen (secondary N) is 1. The molecule has 2 amide bonds. The lowest BCUT2D eigenvalue weighted by atomic mass is 9.79. The Hall–Kier alpha value is -1.36. The Bertz CT molecular complexity index is 478. The van der Waals surface area contributed by atoms with Gasteiger partial charge in [0.25, 0.3) is 0 Å². The zero-order valence-electron chi connectivity index (χ0n) is 10.9. The van der Waals surface area contributed by atoms with Crippen molar-refractivity contribution in [3.05, 3.63) is 22.4 Å². The zero-order valence-corrected chi connectivity index (χ0v) is 11.7. The van der Waals surface area contributed by atoms with Crippen LogP contribution >= 0.6 is 11.3 Å². The number of piperazine rings is 1. The Balaban J connectivity index is 1.80. The van der Waals surface area contributed by atoms with E-state index in [9.17, 15) is 9.59 Å². The maximum atomic E-state index is 12.7. The number of amides is 2. The third-order valence-corrected chi connectivity index (χ3v) is 4.90. The van der Waals surface area contributed by atoms with Crippen LogP contribution < -0.4 is 5.32 Å². The summed E-state index contributed by atoms with van der Waals surface area (Å²) < 4.78 is 0. The summed E-state index contributed by atoms with van der Waals surface area (Å²) >= 11 is 1.63. The third-order valence-electron chi connectivity index (χ3n) is 4.04. The average molecular weight is 278 g/mol. The predicted octanol–water partition coefficient (Wildman–Crippen LogP) is 1.91. The van der Waals surface area contributed by atoms with E-state index < -0.39 is 5.54 Å². The quantitative estimate of drug-likeness (QED) is 0.898. The molecule has 0 atom stereocenters. The van der Waals surface area contributed by atoms with Crippen molar-refractivity contribution in [3.8, 4) is 0 Å². The number of hydrogen-bond donors (Lipinski definition) is 1. The fourth-order valence-corrected chi connectivity index (χ4v) is 3.84. The molecule has 1 aliphatic carbocycles. The molecule has 0 unspecified atom stereocenters. The van der Waals surface area contributed by atoms with Crippen LogP contribution in [0.25, 0.3) is 0 Å². The molecule has 3 rings (SSSR count). The summed E-state index contributed by atoms with van der Waals surface area (Å²) in [7, 11) is 0. The smallest absolute Gasteiger partial charge is 0.249 e. The van der Waals surface area contributed by atoms with Crippen molar-refractivity contribution in [2.24, 2.45) is 0 Å². The van der Waals surface area contributed by atoms with Gasteiger partial charge in [0.05, 0.1) is 6.54 Å². The van der Waals surface area contributed by atoms with Crippen molar-refractivity contribution in [3.63, 3.8) is 0 Å². The van der Waals surface area contributed by atoms with Gasteiger partial charge in [-0.1, -0.05) is 25.3 Å². The highest BCUT2D eigenvalue weighted by Gasteiger charge is 2.46. The first-order valence-electron chi connectivity index (χ1n) is 6.82. The largest absolute Gasteiger partial charge is 0.340 e. The van der Waals surface area contributed by atoms with Crippen LogP contribution in [0.1, 0.15) is 37.0 Å². The Labute approximate surface area is 116 Å². The van der Waals surface area contributed by atoms with Crippen molar-refractivity contribution in [2.75, 3.05) is 6.54 Å². The summed E-state index contributed by atoms with van der Waals surface area (Å²) in [6.45, 7) is 0.754. The molecule has 1 aliphatic heterocycles. The van der Waals surface area contributed by atoms with Crippen LogP contribution in [0.5, 0.6) is 0 Å². The third kappa shape index (κ3) is 2.39. The van der Waals surface area contributed by atoms with Crippen LogP contribution in [0.4, 0.5) is 0 Å². The Morgan fingerprint density at radius 3 is 2.74 bits per heavy atom. The van der Waals surface area contributed by atoms with Crippen molar-refractivity contribution < 1.29 is 9.59 Å². The highest BCUT2D eigenvalue weighted by Crippen LogP contribution is 2.32. The molecule has 1 spiro atoms. The van der Waals surface area contributed by atoms with Gasteiger partial charge in [0.15, 0.2) is 0 Å². The molecule has 0 bridgehead atoms. The Morgan fingerprint density at radius 1 is 1.26 bits per heavy atom. The number of nitrogens with zero attached hydrogens (tertiary/aromatic N) is 1. The number of thiophene rings is 1.